The molecule has 0 aliphatic carbocycles. The summed E-state index contributed by atoms with van der Waals surface area (Å²) in [6, 6.07) is 1.52. The van der Waals surface area contributed by atoms with Gasteiger partial charge in [0.15, 0.2) is 5.65 Å². The molecule has 1 fully saturated rings. The van der Waals surface area contributed by atoms with Crippen molar-refractivity contribution in [1.29, 1.82) is 0 Å². The van der Waals surface area contributed by atoms with Crippen LogP contribution in [-0.2, 0) is 4.74 Å². The van der Waals surface area contributed by atoms with Gasteiger partial charge in [-0.1, -0.05) is 23.2 Å². The molecule has 0 spiro atoms. The first-order valence-corrected chi connectivity index (χ1v) is 6.48. The molecule has 3 rings (SSSR count). The van der Waals surface area contributed by atoms with Gasteiger partial charge in [0.25, 0.3) is 0 Å². The van der Waals surface area contributed by atoms with Crippen molar-refractivity contribution in [2.75, 3.05) is 6.61 Å². The van der Waals surface area contributed by atoms with Crippen molar-refractivity contribution in [3.63, 3.8) is 0 Å². The van der Waals surface area contributed by atoms with E-state index in [9.17, 15) is 5.11 Å². The zero-order chi connectivity index (χ0) is 13.6. The van der Waals surface area contributed by atoms with Gasteiger partial charge in [0.05, 0.1) is 24.1 Å². The Hall–Kier alpha value is -0.920. The fourth-order valence-electron chi connectivity index (χ4n) is 2.20. The molecule has 102 valence electrons. The number of rotatable bonds is 2. The number of aliphatic hydroxyl groups excluding tert-OH is 2. The van der Waals surface area contributed by atoms with E-state index in [-0.39, 0.29) is 11.8 Å². The van der Waals surface area contributed by atoms with Crippen LogP contribution >= 0.6 is 23.2 Å². The summed E-state index contributed by atoms with van der Waals surface area (Å²) >= 11 is 11.9. The van der Waals surface area contributed by atoms with Crippen LogP contribution in [0.1, 0.15) is 12.6 Å². The highest BCUT2D eigenvalue weighted by Gasteiger charge is 2.35. The van der Waals surface area contributed by atoms with Gasteiger partial charge >= 0.3 is 0 Å². The maximum Gasteiger partial charge on any atom is 0.165 e. The number of nitrogens with zero attached hydrogens (tertiary/aromatic N) is 3. The molecule has 2 N–H and O–H groups in total. The average Bonchev–Trinajstić information content (AvgIpc) is 2.92. The van der Waals surface area contributed by atoms with Crippen LogP contribution in [0.25, 0.3) is 11.2 Å². The van der Waals surface area contributed by atoms with Gasteiger partial charge < -0.3 is 14.9 Å². The first-order chi connectivity index (χ1) is 9.10. The van der Waals surface area contributed by atoms with Crippen molar-refractivity contribution in [3.8, 4) is 0 Å². The van der Waals surface area contributed by atoms with E-state index in [1.807, 2.05) is 0 Å². The summed E-state index contributed by atoms with van der Waals surface area (Å²) in [5.74, 6) is 0. The Morgan fingerprint density at radius 3 is 2.95 bits per heavy atom. The van der Waals surface area contributed by atoms with E-state index in [1.165, 1.54) is 12.4 Å². The van der Waals surface area contributed by atoms with Crippen LogP contribution in [0.2, 0.25) is 10.2 Å². The molecule has 3 atom stereocenters. The number of imidazole rings is 1. The number of hydrogen-bond acceptors (Lipinski definition) is 5. The number of aromatic nitrogens is 3. The quantitative estimate of drug-likeness (QED) is 0.819. The van der Waals surface area contributed by atoms with Crippen LogP contribution in [0, 0.1) is 0 Å². The lowest BCUT2D eigenvalue weighted by atomic mass is 10.2. The summed E-state index contributed by atoms with van der Waals surface area (Å²) in [6.07, 6.45) is 0.123. The Balaban J connectivity index is 2.02. The first-order valence-electron chi connectivity index (χ1n) is 5.73. The van der Waals surface area contributed by atoms with E-state index >= 15 is 0 Å². The molecule has 19 heavy (non-hydrogen) atoms. The third-order valence-corrected chi connectivity index (χ3v) is 3.63. The summed E-state index contributed by atoms with van der Waals surface area (Å²) in [5, 5.41) is 19.5. The lowest BCUT2D eigenvalue weighted by Crippen LogP contribution is -2.24. The average molecular weight is 304 g/mol. The molecule has 0 aromatic carbocycles. The standard InChI is InChI=1S/C11H11Cl2N3O3/c12-5-1-8(13)15-11-10(5)14-4-16(11)9-2-6(18)7(3-17)19-9/h1,4,6-7,9,17-18H,2-3H2/t6-,7?,9+/m0/s1. The number of pyridine rings is 1. The van der Waals surface area contributed by atoms with Crippen LogP contribution < -0.4 is 0 Å². The van der Waals surface area contributed by atoms with E-state index in [0.717, 1.165) is 0 Å². The van der Waals surface area contributed by atoms with Crippen molar-refractivity contribution < 1.29 is 14.9 Å². The molecule has 2 aromatic heterocycles. The minimum Gasteiger partial charge on any atom is -0.394 e. The van der Waals surface area contributed by atoms with Crippen molar-refractivity contribution >= 4 is 34.4 Å². The minimum atomic E-state index is -0.720. The van der Waals surface area contributed by atoms with Crippen molar-refractivity contribution in [1.82, 2.24) is 14.5 Å². The van der Waals surface area contributed by atoms with Crippen LogP contribution in [0.5, 0.6) is 0 Å². The molecule has 1 aliphatic rings. The van der Waals surface area contributed by atoms with E-state index in [1.54, 1.807) is 4.57 Å². The van der Waals surface area contributed by atoms with E-state index in [4.69, 9.17) is 33.0 Å². The topological polar surface area (TPSA) is 80.4 Å². The van der Waals surface area contributed by atoms with Crippen molar-refractivity contribution in [3.05, 3.63) is 22.6 Å². The lowest BCUT2D eigenvalue weighted by Gasteiger charge is -2.13. The van der Waals surface area contributed by atoms with Gasteiger partial charge in [-0.25, -0.2) is 9.97 Å². The summed E-state index contributed by atoms with van der Waals surface area (Å²) in [5.41, 5.74) is 1.02. The fraction of sp³-hybridized carbons (Fsp3) is 0.455. The number of halogens is 2. The number of ether oxygens (including phenoxy) is 1. The summed E-state index contributed by atoms with van der Waals surface area (Å²) in [4.78, 5) is 8.34. The minimum absolute atomic E-state index is 0.237. The Morgan fingerprint density at radius 2 is 2.26 bits per heavy atom. The summed E-state index contributed by atoms with van der Waals surface area (Å²) < 4.78 is 7.21. The van der Waals surface area contributed by atoms with Gasteiger partial charge in [0.2, 0.25) is 0 Å². The molecule has 0 bridgehead atoms. The molecular formula is C11H11Cl2N3O3. The Labute approximate surface area is 118 Å². The van der Waals surface area contributed by atoms with E-state index in [2.05, 4.69) is 9.97 Å². The summed E-state index contributed by atoms with van der Waals surface area (Å²) in [6.45, 7) is -0.237. The largest absolute Gasteiger partial charge is 0.394 e. The van der Waals surface area contributed by atoms with Gasteiger partial charge in [-0.2, -0.15) is 0 Å². The molecular weight excluding hydrogens is 293 g/mol. The Bertz CT molecular complexity index is 618. The molecule has 1 saturated heterocycles. The second-order valence-corrected chi connectivity index (χ2v) is 5.16. The number of hydrogen-bond donors (Lipinski definition) is 2. The highest BCUT2D eigenvalue weighted by Crippen LogP contribution is 2.32. The molecule has 3 heterocycles. The molecule has 0 amide bonds. The normalized spacial score (nSPS) is 27.3. The van der Waals surface area contributed by atoms with Crippen molar-refractivity contribution in [2.24, 2.45) is 0 Å². The summed E-state index contributed by atoms with van der Waals surface area (Å²) in [7, 11) is 0. The Morgan fingerprint density at radius 1 is 1.47 bits per heavy atom. The van der Waals surface area contributed by atoms with E-state index in [0.29, 0.717) is 22.6 Å². The third-order valence-electron chi connectivity index (χ3n) is 3.15. The smallest absolute Gasteiger partial charge is 0.165 e. The number of aliphatic hydroxyl groups is 2. The molecule has 0 radical (unpaired) electrons. The highest BCUT2D eigenvalue weighted by atomic mass is 35.5. The lowest BCUT2D eigenvalue weighted by molar-refractivity contribution is -0.0432. The maximum absolute atomic E-state index is 9.75. The van der Waals surface area contributed by atoms with Gasteiger partial charge in [0, 0.05) is 6.42 Å². The molecule has 1 unspecified atom stereocenters. The molecule has 2 aromatic rings. The van der Waals surface area contributed by atoms with Gasteiger partial charge in [0.1, 0.15) is 23.0 Å². The van der Waals surface area contributed by atoms with Gasteiger partial charge in [-0.3, -0.25) is 4.57 Å². The third kappa shape index (κ3) is 2.19. The second kappa shape index (κ2) is 4.88. The zero-order valence-corrected chi connectivity index (χ0v) is 11.2. The van der Waals surface area contributed by atoms with Crippen LogP contribution in [-0.4, -0.2) is 43.6 Å². The zero-order valence-electron chi connectivity index (χ0n) is 9.70. The van der Waals surface area contributed by atoms with Crippen LogP contribution in [0.3, 0.4) is 0 Å². The predicted molar refractivity (Wildman–Crippen MR) is 69.2 cm³/mol. The van der Waals surface area contributed by atoms with E-state index < -0.39 is 18.4 Å². The second-order valence-electron chi connectivity index (χ2n) is 4.37. The van der Waals surface area contributed by atoms with Crippen LogP contribution in [0.15, 0.2) is 12.4 Å². The monoisotopic (exact) mass is 303 g/mol. The van der Waals surface area contributed by atoms with Crippen molar-refractivity contribution in [2.45, 2.75) is 24.9 Å². The SMILES string of the molecule is OCC1O[C@@H](n2cnc3c(Cl)cc(Cl)nc32)C[C@@H]1O. The molecule has 6 nitrogen and oxygen atoms in total. The molecule has 0 saturated carbocycles. The van der Waals surface area contributed by atoms with Gasteiger partial charge in [-0.05, 0) is 6.07 Å². The molecule has 1 aliphatic heterocycles. The van der Waals surface area contributed by atoms with Gasteiger partial charge in [-0.15, -0.1) is 0 Å². The maximum atomic E-state index is 9.75. The fourth-order valence-corrected chi connectivity index (χ4v) is 2.68. The molecule has 8 heteroatoms. The first kappa shape index (κ1) is 13.1. The number of fused-ring (bicyclic) bond motifs is 1. The Kier molecular flexibility index (Phi) is 3.36. The van der Waals surface area contributed by atoms with Crippen LogP contribution in [0.4, 0.5) is 0 Å². The predicted octanol–water partition coefficient (Wildman–Crippen LogP) is 1.38. The highest BCUT2D eigenvalue weighted by molar-refractivity contribution is 6.37.